The average Bonchev–Trinajstić information content (AvgIpc) is 2.43. The molecule has 5 heteroatoms. The average molecular weight is 286 g/mol. The molecule has 20 heavy (non-hydrogen) atoms. The molecule has 0 aromatic carbocycles. The Balaban J connectivity index is 4.33. The van der Waals surface area contributed by atoms with E-state index in [0.29, 0.717) is 26.1 Å². The van der Waals surface area contributed by atoms with Gasteiger partial charge >= 0.3 is 5.97 Å². The maximum atomic E-state index is 12.1. The maximum Gasteiger partial charge on any atom is 0.307 e. The van der Waals surface area contributed by atoms with Crippen molar-refractivity contribution in [3.8, 4) is 0 Å². The van der Waals surface area contributed by atoms with Gasteiger partial charge in [-0.2, -0.15) is 0 Å². The first kappa shape index (κ1) is 18.9. The van der Waals surface area contributed by atoms with Gasteiger partial charge in [-0.25, -0.2) is 0 Å². The predicted octanol–water partition coefficient (Wildman–Crippen LogP) is 1.91. The molecule has 5 nitrogen and oxygen atoms in total. The monoisotopic (exact) mass is 286 g/mol. The Kier molecular flexibility index (Phi) is 11.1. The van der Waals surface area contributed by atoms with E-state index in [4.69, 9.17) is 4.74 Å². The van der Waals surface area contributed by atoms with Crippen molar-refractivity contribution in [2.24, 2.45) is 0 Å². The molecule has 1 amide bonds. The largest absolute Gasteiger partial charge is 0.466 e. The molecule has 0 bridgehead atoms. The summed E-state index contributed by atoms with van der Waals surface area (Å²) in [6.07, 6.45) is 1.66. The van der Waals surface area contributed by atoms with Gasteiger partial charge in [0.15, 0.2) is 0 Å². The normalized spacial score (nSPS) is 10.7. The van der Waals surface area contributed by atoms with E-state index < -0.39 is 0 Å². The summed E-state index contributed by atoms with van der Waals surface area (Å²) in [6.45, 7) is 12.3. The Labute approximate surface area is 123 Å². The predicted molar refractivity (Wildman–Crippen MR) is 80.5 cm³/mol. The number of rotatable bonds is 11. The molecular formula is C15H30N2O3. The van der Waals surface area contributed by atoms with Crippen molar-refractivity contribution in [3.05, 3.63) is 0 Å². The van der Waals surface area contributed by atoms with Crippen LogP contribution in [0.3, 0.4) is 0 Å². The van der Waals surface area contributed by atoms with Gasteiger partial charge < -0.3 is 14.5 Å². The molecule has 0 radical (unpaired) electrons. The molecule has 0 aliphatic rings. The van der Waals surface area contributed by atoms with Crippen LogP contribution >= 0.6 is 0 Å². The van der Waals surface area contributed by atoms with Gasteiger partial charge in [0.05, 0.1) is 13.0 Å². The van der Waals surface area contributed by atoms with E-state index in [9.17, 15) is 9.59 Å². The molecule has 0 aliphatic carbocycles. The number of likely N-dealkylation sites (N-methyl/N-ethyl adjacent to an activating group) is 1. The third-order valence-electron chi connectivity index (χ3n) is 3.29. The van der Waals surface area contributed by atoms with Gasteiger partial charge in [-0.1, -0.05) is 20.8 Å². The molecule has 0 fully saturated rings. The molecule has 0 atom stereocenters. The summed E-state index contributed by atoms with van der Waals surface area (Å²) < 4.78 is 4.91. The van der Waals surface area contributed by atoms with Crippen LogP contribution in [0.25, 0.3) is 0 Å². The van der Waals surface area contributed by atoms with E-state index in [1.54, 1.807) is 11.8 Å². The van der Waals surface area contributed by atoms with Crippen LogP contribution in [0.15, 0.2) is 0 Å². The Bertz CT molecular complexity index is 278. The number of carbonyl (C=O) groups excluding carboxylic acids is 2. The van der Waals surface area contributed by atoms with Gasteiger partial charge in [0, 0.05) is 26.1 Å². The summed E-state index contributed by atoms with van der Waals surface area (Å²) in [7, 11) is 0. The van der Waals surface area contributed by atoms with Gasteiger partial charge in [0.25, 0.3) is 0 Å². The third-order valence-corrected chi connectivity index (χ3v) is 3.29. The zero-order valence-corrected chi connectivity index (χ0v) is 13.5. The lowest BCUT2D eigenvalue weighted by Crippen LogP contribution is -2.39. The Morgan fingerprint density at radius 1 is 0.900 bits per heavy atom. The van der Waals surface area contributed by atoms with E-state index in [-0.39, 0.29) is 18.3 Å². The molecule has 0 aromatic rings. The molecule has 0 heterocycles. The van der Waals surface area contributed by atoms with Gasteiger partial charge in [-0.3, -0.25) is 9.59 Å². The van der Waals surface area contributed by atoms with Crippen LogP contribution in [0.5, 0.6) is 0 Å². The fourth-order valence-electron chi connectivity index (χ4n) is 1.99. The zero-order chi connectivity index (χ0) is 15.4. The standard InChI is InChI=1S/C15H30N2O3/c1-5-9-14(18)17(11-10-15(19)20-8-4)13-12-16(6-2)7-3/h5-13H2,1-4H3. The molecule has 0 saturated heterocycles. The van der Waals surface area contributed by atoms with E-state index >= 15 is 0 Å². The highest BCUT2D eigenvalue weighted by Crippen LogP contribution is 2.02. The number of nitrogens with zero attached hydrogens (tertiary/aromatic N) is 2. The van der Waals surface area contributed by atoms with Crippen molar-refractivity contribution >= 4 is 11.9 Å². The van der Waals surface area contributed by atoms with E-state index in [2.05, 4.69) is 18.7 Å². The summed E-state index contributed by atoms with van der Waals surface area (Å²) in [4.78, 5) is 27.5. The van der Waals surface area contributed by atoms with Crippen LogP contribution in [0.1, 0.15) is 47.0 Å². The highest BCUT2D eigenvalue weighted by molar-refractivity contribution is 5.77. The number of esters is 1. The van der Waals surface area contributed by atoms with Crippen molar-refractivity contribution in [2.45, 2.75) is 47.0 Å². The molecule has 0 saturated carbocycles. The fourth-order valence-corrected chi connectivity index (χ4v) is 1.99. The van der Waals surface area contributed by atoms with Crippen LogP contribution in [0, 0.1) is 0 Å². The van der Waals surface area contributed by atoms with Gasteiger partial charge in [0.1, 0.15) is 0 Å². The van der Waals surface area contributed by atoms with Gasteiger partial charge in [0.2, 0.25) is 5.91 Å². The lowest BCUT2D eigenvalue weighted by Gasteiger charge is -2.26. The lowest BCUT2D eigenvalue weighted by atomic mass is 10.2. The van der Waals surface area contributed by atoms with E-state index in [0.717, 1.165) is 26.1 Å². The quantitative estimate of drug-likeness (QED) is 0.544. The second-order valence-electron chi connectivity index (χ2n) is 4.71. The molecule has 0 spiro atoms. The third kappa shape index (κ3) is 8.15. The zero-order valence-electron chi connectivity index (χ0n) is 13.5. The van der Waals surface area contributed by atoms with Crippen LogP contribution in [-0.4, -0.2) is 61.0 Å². The highest BCUT2D eigenvalue weighted by atomic mass is 16.5. The summed E-state index contributed by atoms with van der Waals surface area (Å²) in [6, 6.07) is 0. The first-order chi connectivity index (χ1) is 9.58. The molecule has 0 N–H and O–H groups in total. The lowest BCUT2D eigenvalue weighted by molar-refractivity contribution is -0.144. The summed E-state index contributed by atoms with van der Waals surface area (Å²) in [5.74, 6) is -0.103. The number of ether oxygens (including phenoxy) is 1. The van der Waals surface area contributed by atoms with Gasteiger partial charge in [-0.05, 0) is 26.4 Å². The number of hydrogen-bond acceptors (Lipinski definition) is 4. The van der Waals surface area contributed by atoms with Crippen LogP contribution in [0.2, 0.25) is 0 Å². The van der Waals surface area contributed by atoms with Crippen LogP contribution in [-0.2, 0) is 14.3 Å². The number of hydrogen-bond donors (Lipinski definition) is 0. The first-order valence-electron chi connectivity index (χ1n) is 7.74. The van der Waals surface area contributed by atoms with Crippen molar-refractivity contribution in [1.29, 1.82) is 0 Å². The van der Waals surface area contributed by atoms with E-state index in [1.807, 2.05) is 6.92 Å². The first-order valence-corrected chi connectivity index (χ1v) is 7.74. The van der Waals surface area contributed by atoms with Crippen molar-refractivity contribution in [3.63, 3.8) is 0 Å². The number of carbonyl (C=O) groups is 2. The smallest absolute Gasteiger partial charge is 0.307 e. The molecule has 0 aliphatic heterocycles. The highest BCUT2D eigenvalue weighted by Gasteiger charge is 2.15. The topological polar surface area (TPSA) is 49.9 Å². The van der Waals surface area contributed by atoms with Gasteiger partial charge in [-0.15, -0.1) is 0 Å². The summed E-state index contributed by atoms with van der Waals surface area (Å²) >= 11 is 0. The second-order valence-corrected chi connectivity index (χ2v) is 4.71. The fraction of sp³-hybridized carbons (Fsp3) is 0.867. The van der Waals surface area contributed by atoms with E-state index in [1.165, 1.54) is 0 Å². The minimum atomic E-state index is -0.232. The Hall–Kier alpha value is -1.10. The molecular weight excluding hydrogens is 256 g/mol. The van der Waals surface area contributed by atoms with Crippen molar-refractivity contribution < 1.29 is 14.3 Å². The minimum absolute atomic E-state index is 0.129. The summed E-state index contributed by atoms with van der Waals surface area (Å²) in [5.41, 5.74) is 0. The maximum absolute atomic E-state index is 12.1. The number of amides is 1. The molecule has 0 aromatic heterocycles. The van der Waals surface area contributed by atoms with Crippen LogP contribution in [0.4, 0.5) is 0 Å². The van der Waals surface area contributed by atoms with Crippen LogP contribution < -0.4 is 0 Å². The SMILES string of the molecule is CCCC(=O)N(CCC(=O)OCC)CCN(CC)CC. The molecule has 0 rings (SSSR count). The minimum Gasteiger partial charge on any atom is -0.466 e. The summed E-state index contributed by atoms with van der Waals surface area (Å²) in [5, 5.41) is 0. The molecule has 118 valence electrons. The van der Waals surface area contributed by atoms with Crippen molar-refractivity contribution in [1.82, 2.24) is 9.80 Å². The van der Waals surface area contributed by atoms with Crippen molar-refractivity contribution in [2.75, 3.05) is 39.3 Å². The Morgan fingerprint density at radius 3 is 2.05 bits per heavy atom. The second kappa shape index (κ2) is 11.7. The molecule has 0 unspecified atom stereocenters. The Morgan fingerprint density at radius 2 is 1.55 bits per heavy atom.